The van der Waals surface area contributed by atoms with E-state index in [1.807, 2.05) is 23.7 Å². The van der Waals surface area contributed by atoms with Crippen LogP contribution in [0, 0.1) is 0 Å². The molecule has 0 saturated carbocycles. The molecule has 0 saturated heterocycles. The third kappa shape index (κ3) is 2.81. The highest BCUT2D eigenvalue weighted by molar-refractivity contribution is 7.19. The van der Waals surface area contributed by atoms with Gasteiger partial charge in [0.2, 0.25) is 0 Å². The number of nitrogens with zero attached hydrogens (tertiary/aromatic N) is 4. The quantitative estimate of drug-likeness (QED) is 0.735. The molecule has 1 aliphatic rings. The van der Waals surface area contributed by atoms with Gasteiger partial charge in [0.1, 0.15) is 17.0 Å². The minimum absolute atomic E-state index is 0.945. The third-order valence-corrected chi connectivity index (χ3v) is 5.78. The highest BCUT2D eigenvalue weighted by Crippen LogP contribution is 2.38. The van der Waals surface area contributed by atoms with Gasteiger partial charge in [-0.3, -0.25) is 4.98 Å². The van der Waals surface area contributed by atoms with Gasteiger partial charge in [0.15, 0.2) is 0 Å². The van der Waals surface area contributed by atoms with Crippen molar-refractivity contribution in [3.8, 4) is 0 Å². The van der Waals surface area contributed by atoms with Crippen molar-refractivity contribution in [1.82, 2.24) is 15.0 Å². The Morgan fingerprint density at radius 2 is 1.96 bits per heavy atom. The Bertz CT molecular complexity index is 813. The van der Waals surface area contributed by atoms with Crippen LogP contribution in [-0.2, 0) is 19.3 Å². The second-order valence-corrected chi connectivity index (χ2v) is 7.20. The Balaban J connectivity index is 1.64. The molecular formula is C18H20N4S. The van der Waals surface area contributed by atoms with Crippen LogP contribution >= 0.6 is 11.3 Å². The van der Waals surface area contributed by atoms with Crippen LogP contribution in [0.1, 0.15) is 28.8 Å². The monoisotopic (exact) mass is 324 g/mol. The molecule has 4 nitrogen and oxygen atoms in total. The molecule has 0 unspecified atom stereocenters. The average Bonchev–Trinajstić information content (AvgIpc) is 2.99. The second kappa shape index (κ2) is 6.24. The van der Waals surface area contributed by atoms with Crippen LogP contribution in [0.4, 0.5) is 5.82 Å². The molecule has 0 aliphatic heterocycles. The fourth-order valence-corrected chi connectivity index (χ4v) is 4.54. The summed E-state index contributed by atoms with van der Waals surface area (Å²) >= 11 is 1.86. The largest absolute Gasteiger partial charge is 0.359 e. The van der Waals surface area contributed by atoms with Gasteiger partial charge < -0.3 is 4.90 Å². The topological polar surface area (TPSA) is 41.9 Å². The molecule has 0 amide bonds. The molecule has 0 N–H and O–H groups in total. The molecule has 0 fully saturated rings. The molecule has 3 heterocycles. The van der Waals surface area contributed by atoms with E-state index in [1.165, 1.54) is 47.1 Å². The number of anilines is 1. The summed E-state index contributed by atoms with van der Waals surface area (Å²) in [5, 5.41) is 1.30. The van der Waals surface area contributed by atoms with Crippen LogP contribution in [0.15, 0.2) is 30.9 Å². The Morgan fingerprint density at radius 1 is 1.13 bits per heavy atom. The smallest absolute Gasteiger partial charge is 0.140 e. The van der Waals surface area contributed by atoms with E-state index in [-0.39, 0.29) is 0 Å². The SMILES string of the molecule is CN(CCc1ccncc1)c1ncnc2sc3c(c12)CCCC3. The van der Waals surface area contributed by atoms with Crippen LogP contribution in [0.25, 0.3) is 10.2 Å². The molecule has 0 atom stereocenters. The molecule has 5 heteroatoms. The molecule has 0 bridgehead atoms. The van der Waals surface area contributed by atoms with E-state index in [2.05, 4.69) is 39.0 Å². The Labute approximate surface area is 140 Å². The van der Waals surface area contributed by atoms with Crippen LogP contribution in [0.5, 0.6) is 0 Å². The Morgan fingerprint density at radius 3 is 2.83 bits per heavy atom. The number of rotatable bonds is 4. The molecule has 0 spiro atoms. The summed E-state index contributed by atoms with van der Waals surface area (Å²) in [6.45, 7) is 0.945. The summed E-state index contributed by atoms with van der Waals surface area (Å²) in [5.41, 5.74) is 2.81. The van der Waals surface area contributed by atoms with Crippen molar-refractivity contribution in [3.63, 3.8) is 0 Å². The van der Waals surface area contributed by atoms with E-state index in [9.17, 15) is 0 Å². The lowest BCUT2D eigenvalue weighted by Gasteiger charge is -2.20. The summed E-state index contributed by atoms with van der Waals surface area (Å²) in [4.78, 5) is 18.2. The number of fused-ring (bicyclic) bond motifs is 3. The minimum atomic E-state index is 0.945. The summed E-state index contributed by atoms with van der Waals surface area (Å²) in [5.74, 6) is 1.09. The molecule has 0 radical (unpaired) electrons. The van der Waals surface area contributed by atoms with E-state index >= 15 is 0 Å². The fraction of sp³-hybridized carbons (Fsp3) is 0.389. The maximum Gasteiger partial charge on any atom is 0.140 e. The third-order valence-electron chi connectivity index (χ3n) is 4.58. The van der Waals surface area contributed by atoms with Crippen molar-refractivity contribution in [1.29, 1.82) is 0 Å². The highest BCUT2D eigenvalue weighted by atomic mass is 32.1. The van der Waals surface area contributed by atoms with Crippen molar-refractivity contribution in [3.05, 3.63) is 46.9 Å². The predicted octanol–water partition coefficient (Wildman–Crippen LogP) is 3.64. The van der Waals surface area contributed by atoms with Crippen molar-refractivity contribution in [2.24, 2.45) is 0 Å². The zero-order valence-electron chi connectivity index (χ0n) is 13.3. The Hall–Kier alpha value is -2.01. The number of likely N-dealkylation sites (N-methyl/N-ethyl adjacent to an activating group) is 1. The van der Waals surface area contributed by atoms with Crippen molar-refractivity contribution in [2.75, 3.05) is 18.5 Å². The Kier molecular flexibility index (Phi) is 3.95. The number of aryl methyl sites for hydroxylation is 2. The molecule has 23 heavy (non-hydrogen) atoms. The number of pyridine rings is 1. The number of hydrogen-bond acceptors (Lipinski definition) is 5. The van der Waals surface area contributed by atoms with Crippen LogP contribution in [0.2, 0.25) is 0 Å². The van der Waals surface area contributed by atoms with E-state index in [4.69, 9.17) is 0 Å². The molecule has 1 aliphatic carbocycles. The van der Waals surface area contributed by atoms with Gasteiger partial charge >= 0.3 is 0 Å². The summed E-state index contributed by atoms with van der Waals surface area (Å²) in [6.07, 6.45) is 11.4. The maximum absolute atomic E-state index is 4.61. The fourth-order valence-electron chi connectivity index (χ4n) is 3.32. The van der Waals surface area contributed by atoms with Crippen molar-refractivity contribution < 1.29 is 0 Å². The molecule has 3 aromatic heterocycles. The zero-order valence-corrected chi connectivity index (χ0v) is 14.1. The lowest BCUT2D eigenvalue weighted by molar-refractivity contribution is 0.700. The predicted molar refractivity (Wildman–Crippen MR) is 95.3 cm³/mol. The number of thiophene rings is 1. The van der Waals surface area contributed by atoms with Gasteiger partial charge in [-0.2, -0.15) is 0 Å². The van der Waals surface area contributed by atoms with Gasteiger partial charge in [-0.15, -0.1) is 11.3 Å². The van der Waals surface area contributed by atoms with E-state index in [1.54, 1.807) is 6.33 Å². The second-order valence-electron chi connectivity index (χ2n) is 6.12. The van der Waals surface area contributed by atoms with Gasteiger partial charge in [0.25, 0.3) is 0 Å². The summed E-state index contributed by atoms with van der Waals surface area (Å²) < 4.78 is 0. The van der Waals surface area contributed by atoms with E-state index < -0.39 is 0 Å². The first-order valence-electron chi connectivity index (χ1n) is 8.18. The number of hydrogen-bond donors (Lipinski definition) is 0. The lowest BCUT2D eigenvalue weighted by atomic mass is 9.97. The average molecular weight is 324 g/mol. The summed E-state index contributed by atoms with van der Waals surface area (Å²) in [6, 6.07) is 4.16. The van der Waals surface area contributed by atoms with Crippen molar-refractivity contribution >= 4 is 27.4 Å². The standard InChI is InChI=1S/C18H20N4S/c1-22(11-8-13-6-9-19-10-7-13)17-16-14-4-2-3-5-15(14)23-18(16)21-12-20-17/h6-7,9-10,12H,2-5,8,11H2,1H3. The van der Waals surface area contributed by atoms with Gasteiger partial charge in [0.05, 0.1) is 5.39 Å². The molecular weight excluding hydrogens is 304 g/mol. The number of aromatic nitrogens is 3. The summed E-state index contributed by atoms with van der Waals surface area (Å²) in [7, 11) is 2.13. The zero-order chi connectivity index (χ0) is 15.6. The maximum atomic E-state index is 4.61. The first-order valence-corrected chi connectivity index (χ1v) is 9.00. The first-order chi connectivity index (χ1) is 11.3. The molecule has 4 rings (SSSR count). The van der Waals surface area contributed by atoms with Gasteiger partial charge in [-0.25, -0.2) is 9.97 Å². The van der Waals surface area contributed by atoms with Crippen LogP contribution in [-0.4, -0.2) is 28.5 Å². The van der Waals surface area contributed by atoms with Gasteiger partial charge in [0, 0.05) is 30.9 Å². The first kappa shape index (κ1) is 14.6. The van der Waals surface area contributed by atoms with Crippen LogP contribution in [0.3, 0.4) is 0 Å². The molecule has 3 aromatic rings. The minimum Gasteiger partial charge on any atom is -0.359 e. The van der Waals surface area contributed by atoms with E-state index in [0.717, 1.165) is 23.6 Å². The van der Waals surface area contributed by atoms with Crippen molar-refractivity contribution in [2.45, 2.75) is 32.1 Å². The molecule has 0 aromatic carbocycles. The van der Waals surface area contributed by atoms with Gasteiger partial charge in [-0.1, -0.05) is 0 Å². The molecule has 118 valence electrons. The van der Waals surface area contributed by atoms with Gasteiger partial charge in [-0.05, 0) is 55.4 Å². The normalized spacial score (nSPS) is 14.0. The van der Waals surface area contributed by atoms with E-state index in [0.29, 0.717) is 0 Å². The lowest BCUT2D eigenvalue weighted by Crippen LogP contribution is -2.22. The highest BCUT2D eigenvalue weighted by Gasteiger charge is 2.21. The van der Waals surface area contributed by atoms with Crippen LogP contribution < -0.4 is 4.90 Å².